The predicted octanol–water partition coefficient (Wildman–Crippen LogP) is 2.71. The van der Waals surface area contributed by atoms with Crippen LogP contribution in [0.15, 0.2) is 36.4 Å². The summed E-state index contributed by atoms with van der Waals surface area (Å²) in [5.74, 6) is -0.729. The lowest BCUT2D eigenvalue weighted by molar-refractivity contribution is 0.102. The average Bonchev–Trinajstić information content (AvgIpc) is 2.47. The Kier molecular flexibility index (Phi) is 3.39. The highest BCUT2D eigenvalue weighted by Gasteiger charge is 2.14. The summed E-state index contributed by atoms with van der Waals surface area (Å²) < 4.78 is 0. The quantitative estimate of drug-likeness (QED) is 0.683. The summed E-state index contributed by atoms with van der Waals surface area (Å²) in [7, 11) is 0. The van der Waals surface area contributed by atoms with Crippen molar-refractivity contribution in [1.29, 1.82) is 0 Å². The molecule has 0 saturated carbocycles. The molecule has 5 heteroatoms. The molecule has 0 spiro atoms. The minimum absolute atomic E-state index is 0.0797. The molecule has 2 aromatic rings. The van der Waals surface area contributed by atoms with Gasteiger partial charge in [-0.2, -0.15) is 0 Å². The molecule has 2 aromatic carbocycles. The van der Waals surface area contributed by atoms with Crippen LogP contribution < -0.4 is 10.6 Å². The van der Waals surface area contributed by atoms with Gasteiger partial charge in [0.15, 0.2) is 0 Å². The van der Waals surface area contributed by atoms with Crippen LogP contribution in [0, 0.1) is 0 Å². The fraction of sp³-hybridized carbons (Fsp3) is 0.188. The van der Waals surface area contributed by atoms with Crippen LogP contribution in [-0.2, 0) is 6.42 Å². The number of phenols is 2. The van der Waals surface area contributed by atoms with E-state index >= 15 is 0 Å². The fourth-order valence-corrected chi connectivity index (χ4v) is 2.46. The van der Waals surface area contributed by atoms with Crippen molar-refractivity contribution < 1.29 is 15.0 Å². The molecule has 1 aliphatic heterocycles. The molecule has 21 heavy (non-hydrogen) atoms. The monoisotopic (exact) mass is 284 g/mol. The van der Waals surface area contributed by atoms with Gasteiger partial charge in [-0.1, -0.05) is 0 Å². The number of aryl methyl sites for hydroxylation is 1. The summed E-state index contributed by atoms with van der Waals surface area (Å²) >= 11 is 0. The van der Waals surface area contributed by atoms with Gasteiger partial charge in [0.2, 0.25) is 0 Å². The van der Waals surface area contributed by atoms with E-state index in [4.69, 9.17) is 0 Å². The molecule has 1 amide bonds. The number of amides is 1. The van der Waals surface area contributed by atoms with E-state index in [-0.39, 0.29) is 17.1 Å². The maximum Gasteiger partial charge on any atom is 0.259 e. The molecule has 0 unspecified atom stereocenters. The number of hydrogen-bond acceptors (Lipinski definition) is 4. The van der Waals surface area contributed by atoms with Crippen LogP contribution in [0.3, 0.4) is 0 Å². The minimum Gasteiger partial charge on any atom is -0.508 e. The third-order valence-corrected chi connectivity index (χ3v) is 3.53. The molecule has 5 nitrogen and oxygen atoms in total. The van der Waals surface area contributed by atoms with E-state index in [9.17, 15) is 15.0 Å². The summed E-state index contributed by atoms with van der Waals surface area (Å²) in [6.45, 7) is 0.972. The van der Waals surface area contributed by atoms with E-state index in [1.165, 1.54) is 17.7 Å². The first-order valence-corrected chi connectivity index (χ1v) is 6.83. The highest BCUT2D eigenvalue weighted by Crippen LogP contribution is 2.27. The number of nitrogens with one attached hydrogen (secondary N) is 2. The van der Waals surface area contributed by atoms with Crippen molar-refractivity contribution in [2.75, 3.05) is 17.2 Å². The molecule has 4 N–H and O–H groups in total. The van der Waals surface area contributed by atoms with Crippen LogP contribution in [0.5, 0.6) is 11.5 Å². The molecular formula is C16H16N2O3. The van der Waals surface area contributed by atoms with Gasteiger partial charge in [-0.15, -0.1) is 0 Å². The number of phenolic OH excluding ortho intramolecular Hbond substituents is 2. The van der Waals surface area contributed by atoms with Crippen molar-refractivity contribution >= 4 is 17.3 Å². The molecular weight excluding hydrogens is 268 g/mol. The standard InChI is InChI=1S/C16H16N2O3/c19-12-4-5-13(15(20)9-12)16(21)18-11-3-6-14-10(8-11)2-1-7-17-14/h3-6,8-9,17,19-20H,1-2,7H2,(H,18,21). The Morgan fingerprint density at radius 1 is 1.14 bits per heavy atom. The zero-order valence-corrected chi connectivity index (χ0v) is 11.4. The van der Waals surface area contributed by atoms with Gasteiger partial charge in [-0.3, -0.25) is 4.79 Å². The molecule has 108 valence electrons. The number of hydrogen-bond donors (Lipinski definition) is 4. The van der Waals surface area contributed by atoms with Crippen LogP contribution in [-0.4, -0.2) is 22.7 Å². The highest BCUT2D eigenvalue weighted by molar-refractivity contribution is 6.06. The van der Waals surface area contributed by atoms with Gasteiger partial charge in [0.1, 0.15) is 11.5 Å². The molecule has 0 fully saturated rings. The Morgan fingerprint density at radius 3 is 2.81 bits per heavy atom. The van der Waals surface area contributed by atoms with E-state index in [0.29, 0.717) is 5.69 Å². The molecule has 1 aliphatic rings. The second-order valence-electron chi connectivity index (χ2n) is 5.06. The van der Waals surface area contributed by atoms with Crippen molar-refractivity contribution in [3.05, 3.63) is 47.5 Å². The first-order valence-electron chi connectivity index (χ1n) is 6.83. The number of carbonyl (C=O) groups excluding carboxylic acids is 1. The van der Waals surface area contributed by atoms with Gasteiger partial charge < -0.3 is 20.8 Å². The molecule has 0 aliphatic carbocycles. The summed E-state index contributed by atoms with van der Waals surface area (Å²) in [6.07, 6.45) is 2.06. The Bertz CT molecular complexity index is 698. The zero-order chi connectivity index (χ0) is 14.8. The normalized spacial score (nSPS) is 13.1. The van der Waals surface area contributed by atoms with Gasteiger partial charge >= 0.3 is 0 Å². The van der Waals surface area contributed by atoms with Crippen molar-refractivity contribution in [3.63, 3.8) is 0 Å². The van der Waals surface area contributed by atoms with Crippen LogP contribution in [0.4, 0.5) is 11.4 Å². The van der Waals surface area contributed by atoms with Crippen LogP contribution in [0.2, 0.25) is 0 Å². The number of aromatic hydroxyl groups is 2. The molecule has 0 atom stereocenters. The average molecular weight is 284 g/mol. The SMILES string of the molecule is O=C(Nc1ccc2c(c1)CCCN2)c1ccc(O)cc1O. The van der Waals surface area contributed by atoms with Crippen LogP contribution in [0.25, 0.3) is 0 Å². The van der Waals surface area contributed by atoms with E-state index < -0.39 is 5.91 Å². The van der Waals surface area contributed by atoms with E-state index in [1.54, 1.807) is 0 Å². The summed E-state index contributed by atoms with van der Waals surface area (Å²) in [6, 6.07) is 9.61. The first-order chi connectivity index (χ1) is 10.1. The third-order valence-electron chi connectivity index (χ3n) is 3.53. The molecule has 0 aromatic heterocycles. The van der Waals surface area contributed by atoms with Crippen molar-refractivity contribution in [2.24, 2.45) is 0 Å². The second kappa shape index (κ2) is 5.36. The second-order valence-corrected chi connectivity index (χ2v) is 5.06. The molecule has 1 heterocycles. The smallest absolute Gasteiger partial charge is 0.259 e. The topological polar surface area (TPSA) is 81.6 Å². The van der Waals surface area contributed by atoms with Gasteiger partial charge in [0.25, 0.3) is 5.91 Å². The van der Waals surface area contributed by atoms with Crippen molar-refractivity contribution in [3.8, 4) is 11.5 Å². The fourth-order valence-electron chi connectivity index (χ4n) is 2.46. The summed E-state index contributed by atoms with van der Waals surface area (Å²) in [5, 5.41) is 25.0. The molecule has 3 rings (SSSR count). The summed E-state index contributed by atoms with van der Waals surface area (Å²) in [5.41, 5.74) is 3.10. The zero-order valence-electron chi connectivity index (χ0n) is 11.4. The lowest BCUT2D eigenvalue weighted by Gasteiger charge is -2.18. The van der Waals surface area contributed by atoms with Crippen molar-refractivity contribution in [1.82, 2.24) is 0 Å². The number of rotatable bonds is 2. The maximum atomic E-state index is 12.1. The highest BCUT2D eigenvalue weighted by atomic mass is 16.3. The van der Waals surface area contributed by atoms with Crippen LogP contribution >= 0.6 is 0 Å². The molecule has 0 radical (unpaired) electrons. The Morgan fingerprint density at radius 2 is 2.00 bits per heavy atom. The lowest BCUT2D eigenvalue weighted by atomic mass is 10.0. The predicted molar refractivity (Wildman–Crippen MR) is 81.0 cm³/mol. The lowest BCUT2D eigenvalue weighted by Crippen LogP contribution is -2.14. The van der Waals surface area contributed by atoms with Gasteiger partial charge in [0, 0.05) is 24.0 Å². The van der Waals surface area contributed by atoms with Crippen LogP contribution in [0.1, 0.15) is 22.3 Å². The number of fused-ring (bicyclic) bond motifs is 1. The number of benzene rings is 2. The third kappa shape index (κ3) is 2.76. The van der Waals surface area contributed by atoms with Gasteiger partial charge in [0.05, 0.1) is 5.56 Å². The first kappa shape index (κ1) is 13.3. The van der Waals surface area contributed by atoms with E-state index in [0.717, 1.165) is 31.1 Å². The Balaban J connectivity index is 1.81. The molecule has 0 bridgehead atoms. The van der Waals surface area contributed by atoms with Gasteiger partial charge in [-0.05, 0) is 48.7 Å². The Labute approximate surface area is 122 Å². The Hall–Kier alpha value is -2.69. The van der Waals surface area contributed by atoms with Crippen molar-refractivity contribution in [2.45, 2.75) is 12.8 Å². The van der Waals surface area contributed by atoms with Gasteiger partial charge in [-0.25, -0.2) is 0 Å². The molecule has 0 saturated heterocycles. The van der Waals surface area contributed by atoms with E-state index in [1.807, 2.05) is 18.2 Å². The maximum absolute atomic E-state index is 12.1. The number of anilines is 2. The number of carbonyl (C=O) groups is 1. The minimum atomic E-state index is -0.406. The largest absolute Gasteiger partial charge is 0.508 e. The van der Waals surface area contributed by atoms with E-state index in [2.05, 4.69) is 10.6 Å². The summed E-state index contributed by atoms with van der Waals surface area (Å²) in [4.78, 5) is 12.1.